The van der Waals surface area contributed by atoms with Gasteiger partial charge in [0.1, 0.15) is 6.54 Å². The van der Waals surface area contributed by atoms with Crippen LogP contribution in [0.4, 0.5) is 0 Å². The lowest BCUT2D eigenvalue weighted by molar-refractivity contribution is -0.133. The standard InChI is InChI=1S/C18H19N3O3/c19-18(24)14-6-4-13(5-7-14)11-21(15-8-9-15)17(23)12-20-10-2-1-3-16(20)22/h1-7,10,15H,8-9,11-12H2,(H2,19,24). The maximum absolute atomic E-state index is 12.6. The van der Waals surface area contributed by atoms with E-state index in [4.69, 9.17) is 5.73 Å². The van der Waals surface area contributed by atoms with Crippen molar-refractivity contribution in [1.82, 2.24) is 9.47 Å². The number of aromatic nitrogens is 1. The van der Waals surface area contributed by atoms with Gasteiger partial charge in [-0.3, -0.25) is 14.4 Å². The largest absolute Gasteiger partial charge is 0.366 e. The molecule has 24 heavy (non-hydrogen) atoms. The summed E-state index contributed by atoms with van der Waals surface area (Å²) in [6.07, 6.45) is 3.58. The molecular weight excluding hydrogens is 306 g/mol. The number of carbonyl (C=O) groups is 2. The molecule has 6 heteroatoms. The van der Waals surface area contributed by atoms with Crippen LogP contribution in [0.15, 0.2) is 53.5 Å². The second kappa shape index (κ2) is 6.70. The van der Waals surface area contributed by atoms with E-state index in [1.54, 1.807) is 47.5 Å². The summed E-state index contributed by atoms with van der Waals surface area (Å²) in [5.41, 5.74) is 6.42. The molecule has 1 aliphatic carbocycles. The molecule has 1 aliphatic rings. The first kappa shape index (κ1) is 16.0. The van der Waals surface area contributed by atoms with Gasteiger partial charge in [0.25, 0.3) is 5.56 Å². The first-order chi connectivity index (χ1) is 11.5. The first-order valence-electron chi connectivity index (χ1n) is 7.88. The molecule has 1 heterocycles. The maximum atomic E-state index is 12.6. The van der Waals surface area contributed by atoms with Crippen molar-refractivity contribution in [2.45, 2.75) is 32.0 Å². The smallest absolute Gasteiger partial charge is 0.250 e. The molecule has 1 aromatic heterocycles. The minimum atomic E-state index is -0.472. The number of hydrogen-bond donors (Lipinski definition) is 1. The number of carbonyl (C=O) groups excluding carboxylic acids is 2. The van der Waals surface area contributed by atoms with Crippen molar-refractivity contribution >= 4 is 11.8 Å². The molecule has 1 aromatic carbocycles. The van der Waals surface area contributed by atoms with Crippen molar-refractivity contribution < 1.29 is 9.59 Å². The van der Waals surface area contributed by atoms with Crippen molar-refractivity contribution in [1.29, 1.82) is 0 Å². The second-order valence-electron chi connectivity index (χ2n) is 5.98. The lowest BCUT2D eigenvalue weighted by atomic mass is 10.1. The average Bonchev–Trinajstić information content (AvgIpc) is 3.40. The molecule has 0 aliphatic heterocycles. The topological polar surface area (TPSA) is 85.4 Å². The molecule has 0 saturated heterocycles. The average molecular weight is 325 g/mol. The third-order valence-electron chi connectivity index (χ3n) is 4.10. The number of hydrogen-bond acceptors (Lipinski definition) is 3. The molecule has 2 N–H and O–H groups in total. The number of benzene rings is 1. The van der Waals surface area contributed by atoms with Crippen LogP contribution in [0.25, 0.3) is 0 Å². The molecular formula is C18H19N3O3. The Labute approximate surface area is 139 Å². The number of amides is 2. The van der Waals surface area contributed by atoms with Gasteiger partial charge in [-0.05, 0) is 36.6 Å². The molecule has 0 bridgehead atoms. The number of rotatable bonds is 6. The lowest BCUT2D eigenvalue weighted by Crippen LogP contribution is -2.37. The third-order valence-corrected chi connectivity index (χ3v) is 4.10. The Hall–Kier alpha value is -2.89. The normalized spacial score (nSPS) is 13.5. The predicted molar refractivity (Wildman–Crippen MR) is 89.2 cm³/mol. The predicted octanol–water partition coefficient (Wildman–Crippen LogP) is 1.14. The Morgan fingerprint density at radius 3 is 2.42 bits per heavy atom. The van der Waals surface area contributed by atoms with E-state index in [1.165, 1.54) is 10.6 Å². The quantitative estimate of drug-likeness (QED) is 0.864. The van der Waals surface area contributed by atoms with E-state index in [9.17, 15) is 14.4 Å². The van der Waals surface area contributed by atoms with Crippen LogP contribution in [0.1, 0.15) is 28.8 Å². The molecule has 6 nitrogen and oxygen atoms in total. The van der Waals surface area contributed by atoms with Crippen LogP contribution in [-0.4, -0.2) is 27.3 Å². The number of nitrogens with two attached hydrogens (primary N) is 1. The highest BCUT2D eigenvalue weighted by Gasteiger charge is 2.32. The molecule has 2 amide bonds. The summed E-state index contributed by atoms with van der Waals surface area (Å²) in [7, 11) is 0. The van der Waals surface area contributed by atoms with Crippen LogP contribution in [0.3, 0.4) is 0 Å². The monoisotopic (exact) mass is 325 g/mol. The minimum Gasteiger partial charge on any atom is -0.366 e. The van der Waals surface area contributed by atoms with E-state index in [0.717, 1.165) is 18.4 Å². The zero-order chi connectivity index (χ0) is 17.1. The van der Waals surface area contributed by atoms with Crippen molar-refractivity contribution in [2.24, 2.45) is 5.73 Å². The van der Waals surface area contributed by atoms with Crippen LogP contribution < -0.4 is 11.3 Å². The molecule has 0 unspecified atom stereocenters. The minimum absolute atomic E-state index is 0.0372. The van der Waals surface area contributed by atoms with Gasteiger partial charge in [0, 0.05) is 30.4 Å². The Kier molecular flexibility index (Phi) is 4.46. The summed E-state index contributed by atoms with van der Waals surface area (Å²) in [5, 5.41) is 0. The van der Waals surface area contributed by atoms with Crippen LogP contribution in [0.5, 0.6) is 0 Å². The molecule has 3 rings (SSSR count). The van der Waals surface area contributed by atoms with E-state index in [2.05, 4.69) is 0 Å². The van der Waals surface area contributed by atoms with Gasteiger partial charge in [0.05, 0.1) is 0 Å². The zero-order valence-corrected chi connectivity index (χ0v) is 13.2. The van der Waals surface area contributed by atoms with Crippen LogP contribution >= 0.6 is 0 Å². The van der Waals surface area contributed by atoms with Crippen molar-refractivity contribution in [2.75, 3.05) is 0 Å². The van der Waals surface area contributed by atoms with E-state index in [-0.39, 0.29) is 24.1 Å². The van der Waals surface area contributed by atoms with Gasteiger partial charge in [-0.25, -0.2) is 0 Å². The summed E-state index contributed by atoms with van der Waals surface area (Å²) in [6.45, 7) is 0.500. The van der Waals surface area contributed by atoms with Gasteiger partial charge in [-0.15, -0.1) is 0 Å². The summed E-state index contributed by atoms with van der Waals surface area (Å²) in [4.78, 5) is 37.3. The van der Waals surface area contributed by atoms with Gasteiger partial charge in [0.2, 0.25) is 11.8 Å². The van der Waals surface area contributed by atoms with Gasteiger partial charge < -0.3 is 15.2 Å². The van der Waals surface area contributed by atoms with Gasteiger partial charge in [0.15, 0.2) is 0 Å². The highest BCUT2D eigenvalue weighted by atomic mass is 16.2. The zero-order valence-electron chi connectivity index (χ0n) is 13.2. The highest BCUT2D eigenvalue weighted by Crippen LogP contribution is 2.28. The molecule has 0 spiro atoms. The number of nitrogens with zero attached hydrogens (tertiary/aromatic N) is 2. The number of pyridine rings is 1. The Balaban J connectivity index is 1.73. The highest BCUT2D eigenvalue weighted by molar-refractivity contribution is 5.92. The lowest BCUT2D eigenvalue weighted by Gasteiger charge is -2.23. The number of primary amides is 1. The van der Waals surface area contributed by atoms with E-state index in [0.29, 0.717) is 12.1 Å². The summed E-state index contributed by atoms with van der Waals surface area (Å²) in [6, 6.07) is 12.0. The first-order valence-corrected chi connectivity index (χ1v) is 7.88. The fraction of sp³-hybridized carbons (Fsp3) is 0.278. The van der Waals surface area contributed by atoms with Crippen molar-refractivity contribution in [3.05, 3.63) is 70.1 Å². The molecule has 1 fully saturated rings. The van der Waals surface area contributed by atoms with Crippen LogP contribution in [0.2, 0.25) is 0 Å². The molecule has 2 aromatic rings. The van der Waals surface area contributed by atoms with Gasteiger partial charge in [-0.2, -0.15) is 0 Å². The summed E-state index contributed by atoms with van der Waals surface area (Å²) in [5.74, 6) is -0.551. The molecule has 0 atom stereocenters. The molecule has 124 valence electrons. The Morgan fingerprint density at radius 2 is 1.83 bits per heavy atom. The van der Waals surface area contributed by atoms with Crippen LogP contribution in [-0.2, 0) is 17.9 Å². The van der Waals surface area contributed by atoms with Crippen LogP contribution in [0, 0.1) is 0 Å². The fourth-order valence-electron chi connectivity index (χ4n) is 2.61. The summed E-state index contributed by atoms with van der Waals surface area (Å²) < 4.78 is 1.41. The second-order valence-corrected chi connectivity index (χ2v) is 5.98. The van der Waals surface area contributed by atoms with E-state index >= 15 is 0 Å². The van der Waals surface area contributed by atoms with Gasteiger partial charge >= 0.3 is 0 Å². The SMILES string of the molecule is NC(=O)c1ccc(CN(C(=O)Cn2ccccc2=O)C2CC2)cc1. The van der Waals surface area contributed by atoms with E-state index in [1.807, 2.05) is 0 Å². The third kappa shape index (κ3) is 3.71. The Morgan fingerprint density at radius 1 is 1.12 bits per heavy atom. The summed E-state index contributed by atoms with van der Waals surface area (Å²) >= 11 is 0. The van der Waals surface area contributed by atoms with Crippen molar-refractivity contribution in [3.63, 3.8) is 0 Å². The Bertz CT molecular complexity index is 807. The maximum Gasteiger partial charge on any atom is 0.250 e. The van der Waals surface area contributed by atoms with Crippen molar-refractivity contribution in [3.8, 4) is 0 Å². The van der Waals surface area contributed by atoms with E-state index < -0.39 is 5.91 Å². The molecule has 1 saturated carbocycles. The molecule has 0 radical (unpaired) electrons. The fourth-order valence-corrected chi connectivity index (χ4v) is 2.61. The van der Waals surface area contributed by atoms with Gasteiger partial charge in [-0.1, -0.05) is 18.2 Å².